The van der Waals surface area contributed by atoms with Crippen molar-refractivity contribution in [1.82, 2.24) is 0 Å². The van der Waals surface area contributed by atoms with Gasteiger partial charge in [0.15, 0.2) is 0 Å². The molecule has 7 rings (SSSR count). The molecular formula is C76H98O2. The second-order valence-corrected chi connectivity index (χ2v) is 23.0. The minimum absolute atomic E-state index is 0.787. The lowest BCUT2D eigenvalue weighted by molar-refractivity contribution is 0.122. The maximum Gasteiger partial charge on any atom is 0.141 e. The number of hydrogen-bond donors (Lipinski definition) is 2. The monoisotopic (exact) mass is 1040 g/mol. The molecule has 0 heterocycles. The quantitative estimate of drug-likeness (QED) is 0.0304. The minimum Gasteiger partial charge on any atom is -0.376 e. The number of aryl methyl sites for hydroxylation is 4. The highest BCUT2D eigenvalue weighted by Crippen LogP contribution is 2.49. The number of unbranched alkanes of at least 4 members (excludes halogenated alkanes) is 20. The van der Waals surface area contributed by atoms with Crippen LogP contribution in [0.3, 0.4) is 0 Å². The van der Waals surface area contributed by atoms with Crippen molar-refractivity contribution in [3.05, 3.63) is 225 Å². The second-order valence-electron chi connectivity index (χ2n) is 23.0. The van der Waals surface area contributed by atoms with Crippen molar-refractivity contribution in [2.75, 3.05) is 0 Å². The predicted molar refractivity (Wildman–Crippen MR) is 336 cm³/mol. The van der Waals surface area contributed by atoms with Gasteiger partial charge in [0.1, 0.15) is 11.2 Å². The molecule has 7 aromatic carbocycles. The van der Waals surface area contributed by atoms with Gasteiger partial charge in [-0.2, -0.15) is 0 Å². The van der Waals surface area contributed by atoms with E-state index < -0.39 is 11.2 Å². The maximum absolute atomic E-state index is 14.3. The van der Waals surface area contributed by atoms with Crippen molar-refractivity contribution in [2.24, 2.45) is 0 Å². The van der Waals surface area contributed by atoms with E-state index in [0.29, 0.717) is 0 Å². The van der Waals surface area contributed by atoms with Crippen LogP contribution in [0.15, 0.2) is 170 Å². The summed E-state index contributed by atoms with van der Waals surface area (Å²) in [5.74, 6) is 0. The molecule has 0 aliphatic heterocycles. The Balaban J connectivity index is 1.40. The van der Waals surface area contributed by atoms with E-state index in [-0.39, 0.29) is 0 Å². The van der Waals surface area contributed by atoms with Crippen LogP contribution in [0.1, 0.15) is 237 Å². The van der Waals surface area contributed by atoms with E-state index in [2.05, 4.69) is 198 Å². The molecule has 0 fully saturated rings. The number of aliphatic hydroxyl groups is 2. The Labute approximate surface area is 474 Å². The van der Waals surface area contributed by atoms with Gasteiger partial charge in [-0.1, -0.05) is 314 Å². The Hall–Kier alpha value is -5.54. The summed E-state index contributed by atoms with van der Waals surface area (Å²) in [4.78, 5) is 0. The van der Waals surface area contributed by atoms with Crippen LogP contribution in [0.25, 0.3) is 22.3 Å². The van der Waals surface area contributed by atoms with Crippen molar-refractivity contribution in [3.63, 3.8) is 0 Å². The van der Waals surface area contributed by atoms with Crippen LogP contribution >= 0.6 is 0 Å². The molecule has 0 atom stereocenters. The molecule has 7 aromatic rings. The molecule has 78 heavy (non-hydrogen) atoms. The fourth-order valence-electron chi connectivity index (χ4n) is 12.0. The number of benzene rings is 7. The van der Waals surface area contributed by atoms with Crippen LogP contribution in [0.2, 0.25) is 0 Å². The maximum atomic E-state index is 14.3. The van der Waals surface area contributed by atoms with E-state index in [9.17, 15) is 10.2 Å². The van der Waals surface area contributed by atoms with Crippen LogP contribution < -0.4 is 0 Å². The van der Waals surface area contributed by atoms with Crippen LogP contribution in [0.4, 0.5) is 0 Å². The largest absolute Gasteiger partial charge is 0.376 e. The second kappa shape index (κ2) is 32.5. The summed E-state index contributed by atoms with van der Waals surface area (Å²) in [5, 5.41) is 28.6. The zero-order valence-corrected chi connectivity index (χ0v) is 48.9. The van der Waals surface area contributed by atoms with E-state index >= 15 is 0 Å². The highest BCUT2D eigenvalue weighted by Gasteiger charge is 2.41. The highest BCUT2D eigenvalue weighted by molar-refractivity contribution is 5.81. The summed E-state index contributed by atoms with van der Waals surface area (Å²) in [6, 6.07) is 61.0. The highest BCUT2D eigenvalue weighted by atomic mass is 16.3. The van der Waals surface area contributed by atoms with E-state index in [1.54, 1.807) is 0 Å². The average Bonchev–Trinajstić information content (AvgIpc) is 3.64. The van der Waals surface area contributed by atoms with Gasteiger partial charge in [-0.3, -0.25) is 0 Å². The first-order chi connectivity index (χ1) is 38.3. The Kier molecular flexibility index (Phi) is 25.1. The standard InChI is InChI=1S/C76H98O2/c1-5-9-13-17-21-27-35-61-43-51-67(52-44-61)75(77,68-53-45-62(46-54-68)36-28-22-18-14-10-6-2)73-59-72(66-41-33-26-34-42-66)74(60-71(73)65-39-31-25-32-40-65)76(78,69-55-47-63(48-56-69)37-29-23-19-15-11-7-3)70-57-49-64(50-58-70)38-30-24-20-16-12-8-4/h25-26,31-34,39-60,77-78H,5-24,27-30,35-38H2,1-4H3. The summed E-state index contributed by atoms with van der Waals surface area (Å²) >= 11 is 0. The third-order valence-electron chi connectivity index (χ3n) is 16.9. The molecule has 0 spiro atoms. The van der Waals surface area contributed by atoms with E-state index in [0.717, 1.165) is 81.3 Å². The van der Waals surface area contributed by atoms with Crippen LogP contribution in [0.5, 0.6) is 0 Å². The molecule has 0 radical (unpaired) electrons. The van der Waals surface area contributed by atoms with E-state index in [4.69, 9.17) is 0 Å². The first-order valence-corrected chi connectivity index (χ1v) is 31.5. The zero-order chi connectivity index (χ0) is 54.7. The summed E-state index contributed by atoms with van der Waals surface area (Å²) in [5.41, 5.74) is 10.7. The molecule has 0 unspecified atom stereocenters. The summed E-state index contributed by atoms with van der Waals surface area (Å²) in [6.07, 6.45) is 34.4. The lowest BCUT2D eigenvalue weighted by Gasteiger charge is -2.37. The minimum atomic E-state index is -1.56. The van der Waals surface area contributed by atoms with Gasteiger partial charge in [0.2, 0.25) is 0 Å². The van der Waals surface area contributed by atoms with Gasteiger partial charge in [-0.05, 0) is 130 Å². The van der Waals surface area contributed by atoms with Crippen LogP contribution in [-0.4, -0.2) is 10.2 Å². The van der Waals surface area contributed by atoms with Gasteiger partial charge in [0, 0.05) is 11.1 Å². The van der Waals surface area contributed by atoms with Crippen LogP contribution in [-0.2, 0) is 36.9 Å². The van der Waals surface area contributed by atoms with Gasteiger partial charge in [-0.15, -0.1) is 0 Å². The third kappa shape index (κ3) is 16.8. The fraction of sp³-hybridized carbons (Fsp3) is 0.447. The molecule has 0 aliphatic carbocycles. The van der Waals surface area contributed by atoms with E-state index in [1.165, 1.54) is 176 Å². The molecule has 0 saturated carbocycles. The van der Waals surface area contributed by atoms with Crippen molar-refractivity contribution >= 4 is 0 Å². The number of hydrogen-bond acceptors (Lipinski definition) is 2. The molecule has 2 heteroatoms. The first-order valence-electron chi connectivity index (χ1n) is 31.5. The van der Waals surface area contributed by atoms with Gasteiger partial charge in [0.25, 0.3) is 0 Å². The van der Waals surface area contributed by atoms with Crippen molar-refractivity contribution < 1.29 is 10.2 Å². The van der Waals surface area contributed by atoms with Gasteiger partial charge < -0.3 is 10.2 Å². The summed E-state index contributed by atoms with van der Waals surface area (Å²) in [6.45, 7) is 9.11. The van der Waals surface area contributed by atoms with E-state index in [1.807, 2.05) is 0 Å². The fourth-order valence-corrected chi connectivity index (χ4v) is 12.0. The molecule has 414 valence electrons. The van der Waals surface area contributed by atoms with Crippen molar-refractivity contribution in [1.29, 1.82) is 0 Å². The molecule has 2 nitrogen and oxygen atoms in total. The normalized spacial score (nSPS) is 11.9. The van der Waals surface area contributed by atoms with Gasteiger partial charge in [0.05, 0.1) is 0 Å². The molecule has 0 saturated heterocycles. The smallest absolute Gasteiger partial charge is 0.141 e. The molecule has 2 N–H and O–H groups in total. The first kappa shape index (κ1) is 60.1. The Morgan fingerprint density at radius 1 is 0.256 bits per heavy atom. The Morgan fingerprint density at radius 2 is 0.474 bits per heavy atom. The molecule has 0 bridgehead atoms. The zero-order valence-electron chi connectivity index (χ0n) is 48.9. The molecule has 0 amide bonds. The lowest BCUT2D eigenvalue weighted by atomic mass is 9.71. The third-order valence-corrected chi connectivity index (χ3v) is 16.9. The Morgan fingerprint density at radius 3 is 0.705 bits per heavy atom. The van der Waals surface area contributed by atoms with Crippen LogP contribution in [0, 0.1) is 0 Å². The van der Waals surface area contributed by atoms with Crippen molar-refractivity contribution in [2.45, 2.75) is 219 Å². The summed E-state index contributed by atoms with van der Waals surface area (Å²) in [7, 11) is 0. The average molecular weight is 1040 g/mol. The molecule has 0 aromatic heterocycles. The SMILES string of the molecule is CCCCCCCCc1ccc(C(O)(c2ccc(CCCCCCCC)cc2)c2cc(-c3ccccc3)c(C(O)(c3ccc(CCCCCCCC)cc3)c3ccc(CCCCCCCC)cc3)cc2-c2ccccc2)cc1. The van der Waals surface area contributed by atoms with Crippen molar-refractivity contribution in [3.8, 4) is 22.3 Å². The van der Waals surface area contributed by atoms with Gasteiger partial charge >= 0.3 is 0 Å². The predicted octanol–water partition coefficient (Wildman–Crippen LogP) is 21.2. The van der Waals surface area contributed by atoms with Gasteiger partial charge in [-0.25, -0.2) is 0 Å². The number of rotatable bonds is 36. The summed E-state index contributed by atoms with van der Waals surface area (Å²) < 4.78 is 0. The lowest BCUT2D eigenvalue weighted by Crippen LogP contribution is -2.32. The topological polar surface area (TPSA) is 40.5 Å². The molecule has 0 aliphatic rings. The Bertz CT molecular complexity index is 2400. The molecular weight excluding hydrogens is 945 g/mol.